The SMILES string of the molecule is CN(C)c1nc(N)nc(COC(=O)[C@H]2CC=CCC2)n1. The predicted molar refractivity (Wildman–Crippen MR) is 74.8 cm³/mol. The van der Waals surface area contributed by atoms with E-state index in [0.717, 1.165) is 19.3 Å². The number of nitrogen functional groups attached to an aromatic ring is 1. The fraction of sp³-hybridized carbons (Fsp3) is 0.538. The summed E-state index contributed by atoms with van der Waals surface area (Å²) in [5.74, 6) is 0.660. The van der Waals surface area contributed by atoms with Crippen LogP contribution in [-0.2, 0) is 16.1 Å². The zero-order chi connectivity index (χ0) is 14.5. The second-order valence-electron chi connectivity index (χ2n) is 4.89. The first-order chi connectivity index (χ1) is 9.56. The van der Waals surface area contributed by atoms with E-state index in [1.54, 1.807) is 19.0 Å². The summed E-state index contributed by atoms with van der Waals surface area (Å²) in [6.45, 7) is 0.0204. The van der Waals surface area contributed by atoms with Crippen LogP contribution >= 0.6 is 0 Å². The minimum Gasteiger partial charge on any atom is -0.457 e. The van der Waals surface area contributed by atoms with Crippen molar-refractivity contribution in [2.24, 2.45) is 5.92 Å². The maximum Gasteiger partial charge on any atom is 0.309 e. The topological polar surface area (TPSA) is 94.2 Å². The first kappa shape index (κ1) is 14.2. The number of esters is 1. The zero-order valence-corrected chi connectivity index (χ0v) is 11.7. The van der Waals surface area contributed by atoms with Crippen LogP contribution in [0.3, 0.4) is 0 Å². The molecule has 1 atom stereocenters. The molecule has 0 aromatic carbocycles. The van der Waals surface area contributed by atoms with Crippen molar-refractivity contribution in [1.29, 1.82) is 0 Å². The van der Waals surface area contributed by atoms with Gasteiger partial charge >= 0.3 is 5.97 Å². The highest BCUT2D eigenvalue weighted by Gasteiger charge is 2.20. The molecule has 0 bridgehead atoms. The summed E-state index contributed by atoms with van der Waals surface area (Å²) in [5.41, 5.74) is 5.61. The fourth-order valence-corrected chi connectivity index (χ4v) is 1.95. The Kier molecular flexibility index (Phi) is 4.49. The van der Waals surface area contributed by atoms with Crippen LogP contribution in [0.25, 0.3) is 0 Å². The normalized spacial score (nSPS) is 17.8. The maximum atomic E-state index is 11.9. The molecular weight excluding hydrogens is 258 g/mol. The number of aromatic nitrogens is 3. The smallest absolute Gasteiger partial charge is 0.309 e. The van der Waals surface area contributed by atoms with Gasteiger partial charge in [0, 0.05) is 14.1 Å². The Labute approximate surface area is 117 Å². The van der Waals surface area contributed by atoms with Crippen molar-refractivity contribution < 1.29 is 9.53 Å². The zero-order valence-electron chi connectivity index (χ0n) is 11.7. The van der Waals surface area contributed by atoms with Crippen LogP contribution < -0.4 is 10.6 Å². The Bertz CT molecular complexity index is 515. The lowest BCUT2D eigenvalue weighted by Gasteiger charge is -2.16. The van der Waals surface area contributed by atoms with Gasteiger partial charge in [0.25, 0.3) is 0 Å². The minimum absolute atomic E-state index is 0.0204. The lowest BCUT2D eigenvalue weighted by atomic mass is 9.95. The van der Waals surface area contributed by atoms with E-state index in [9.17, 15) is 4.79 Å². The summed E-state index contributed by atoms with van der Waals surface area (Å²) in [6.07, 6.45) is 6.59. The third-order valence-electron chi connectivity index (χ3n) is 3.03. The Morgan fingerprint density at radius 3 is 2.85 bits per heavy atom. The molecule has 2 rings (SSSR count). The van der Waals surface area contributed by atoms with Crippen molar-refractivity contribution >= 4 is 17.9 Å². The number of rotatable bonds is 4. The molecule has 0 aliphatic heterocycles. The molecule has 1 aliphatic rings. The number of ether oxygens (including phenoxy) is 1. The molecule has 0 saturated heterocycles. The largest absolute Gasteiger partial charge is 0.457 e. The number of hydrogen-bond donors (Lipinski definition) is 1. The number of carbonyl (C=O) groups excluding carboxylic acids is 1. The molecule has 0 radical (unpaired) electrons. The molecule has 7 heteroatoms. The Hall–Kier alpha value is -2.18. The molecule has 0 spiro atoms. The predicted octanol–water partition coefficient (Wildman–Crippen LogP) is 0.919. The Balaban J connectivity index is 1.96. The van der Waals surface area contributed by atoms with Gasteiger partial charge in [0.15, 0.2) is 12.4 Å². The maximum absolute atomic E-state index is 11.9. The molecule has 1 aromatic heterocycles. The number of carbonyl (C=O) groups is 1. The number of hydrogen-bond acceptors (Lipinski definition) is 7. The number of anilines is 2. The van der Waals surface area contributed by atoms with Gasteiger partial charge in [-0.15, -0.1) is 0 Å². The monoisotopic (exact) mass is 277 g/mol. The van der Waals surface area contributed by atoms with Gasteiger partial charge in [-0.3, -0.25) is 4.79 Å². The highest BCUT2D eigenvalue weighted by atomic mass is 16.5. The van der Waals surface area contributed by atoms with Gasteiger partial charge in [-0.25, -0.2) is 0 Å². The van der Waals surface area contributed by atoms with E-state index >= 15 is 0 Å². The van der Waals surface area contributed by atoms with Crippen molar-refractivity contribution in [3.05, 3.63) is 18.0 Å². The third-order valence-corrected chi connectivity index (χ3v) is 3.03. The third kappa shape index (κ3) is 3.66. The van der Waals surface area contributed by atoms with Gasteiger partial charge < -0.3 is 15.4 Å². The fourth-order valence-electron chi connectivity index (χ4n) is 1.95. The summed E-state index contributed by atoms with van der Waals surface area (Å²) >= 11 is 0. The van der Waals surface area contributed by atoms with Crippen molar-refractivity contribution in [3.8, 4) is 0 Å². The van der Waals surface area contributed by atoms with Gasteiger partial charge in [0.2, 0.25) is 11.9 Å². The van der Waals surface area contributed by atoms with Crippen LogP contribution in [-0.4, -0.2) is 35.0 Å². The van der Waals surface area contributed by atoms with Gasteiger partial charge in [-0.05, 0) is 19.3 Å². The molecule has 0 amide bonds. The molecule has 7 nitrogen and oxygen atoms in total. The average molecular weight is 277 g/mol. The summed E-state index contributed by atoms with van der Waals surface area (Å²) in [7, 11) is 3.61. The standard InChI is InChI=1S/C13H19N5O2/c1-18(2)13-16-10(15-12(14)17-13)8-20-11(19)9-6-4-3-5-7-9/h3-4,9H,5-8H2,1-2H3,(H2,14,15,16,17)/t9-/m0/s1. The second-order valence-corrected chi connectivity index (χ2v) is 4.89. The summed E-state index contributed by atoms with van der Waals surface area (Å²) in [4.78, 5) is 25.8. The molecule has 1 aromatic rings. The molecule has 108 valence electrons. The van der Waals surface area contributed by atoms with Crippen LogP contribution in [0.4, 0.5) is 11.9 Å². The lowest BCUT2D eigenvalue weighted by Crippen LogP contribution is -2.20. The van der Waals surface area contributed by atoms with Crippen molar-refractivity contribution in [2.45, 2.75) is 25.9 Å². The number of nitrogens with two attached hydrogens (primary N) is 1. The number of nitrogens with zero attached hydrogens (tertiary/aromatic N) is 4. The van der Waals surface area contributed by atoms with Crippen molar-refractivity contribution in [3.63, 3.8) is 0 Å². The highest BCUT2D eigenvalue weighted by Crippen LogP contribution is 2.19. The lowest BCUT2D eigenvalue weighted by molar-refractivity contribution is -0.150. The summed E-state index contributed by atoms with van der Waals surface area (Å²) < 4.78 is 5.26. The van der Waals surface area contributed by atoms with Gasteiger partial charge in [0.1, 0.15) is 0 Å². The molecule has 0 saturated carbocycles. The van der Waals surface area contributed by atoms with E-state index in [1.807, 2.05) is 6.08 Å². The second kappa shape index (κ2) is 6.31. The molecule has 0 unspecified atom stereocenters. The van der Waals surface area contributed by atoms with Crippen LogP contribution in [0.5, 0.6) is 0 Å². The Morgan fingerprint density at radius 2 is 2.20 bits per heavy atom. The van der Waals surface area contributed by atoms with E-state index < -0.39 is 0 Å². The van der Waals surface area contributed by atoms with Crippen LogP contribution in [0, 0.1) is 5.92 Å². The van der Waals surface area contributed by atoms with E-state index in [4.69, 9.17) is 10.5 Å². The van der Waals surface area contributed by atoms with Gasteiger partial charge in [-0.2, -0.15) is 15.0 Å². The van der Waals surface area contributed by atoms with Gasteiger partial charge in [-0.1, -0.05) is 12.2 Å². The molecular formula is C13H19N5O2. The molecule has 1 aliphatic carbocycles. The van der Waals surface area contributed by atoms with E-state index in [-0.39, 0.29) is 24.4 Å². The average Bonchev–Trinajstić information content (AvgIpc) is 2.45. The van der Waals surface area contributed by atoms with Crippen LogP contribution in [0.15, 0.2) is 12.2 Å². The first-order valence-corrected chi connectivity index (χ1v) is 6.55. The summed E-state index contributed by atoms with van der Waals surface area (Å²) in [6, 6.07) is 0. The minimum atomic E-state index is -0.209. The summed E-state index contributed by atoms with van der Waals surface area (Å²) in [5, 5.41) is 0. The van der Waals surface area contributed by atoms with E-state index in [0.29, 0.717) is 11.8 Å². The van der Waals surface area contributed by atoms with Crippen molar-refractivity contribution in [1.82, 2.24) is 15.0 Å². The van der Waals surface area contributed by atoms with Gasteiger partial charge in [0.05, 0.1) is 5.92 Å². The van der Waals surface area contributed by atoms with E-state index in [2.05, 4.69) is 21.0 Å². The van der Waals surface area contributed by atoms with Crippen molar-refractivity contribution in [2.75, 3.05) is 24.7 Å². The van der Waals surface area contributed by atoms with Crippen LogP contribution in [0.1, 0.15) is 25.1 Å². The molecule has 1 heterocycles. The molecule has 20 heavy (non-hydrogen) atoms. The quantitative estimate of drug-likeness (QED) is 0.646. The van der Waals surface area contributed by atoms with E-state index in [1.165, 1.54) is 0 Å². The Morgan fingerprint density at radius 1 is 1.40 bits per heavy atom. The highest BCUT2D eigenvalue weighted by molar-refractivity contribution is 5.72. The number of allylic oxidation sites excluding steroid dienone is 2. The first-order valence-electron chi connectivity index (χ1n) is 6.55. The van der Waals surface area contributed by atoms with Crippen LogP contribution in [0.2, 0.25) is 0 Å². The molecule has 2 N–H and O–H groups in total. The molecule has 0 fully saturated rings.